The van der Waals surface area contributed by atoms with Crippen molar-refractivity contribution in [2.75, 3.05) is 19.7 Å². The van der Waals surface area contributed by atoms with Gasteiger partial charge in [0.25, 0.3) is 0 Å². The Labute approximate surface area is 130 Å². The molecule has 2 rings (SSSR count). The Morgan fingerprint density at radius 3 is 2.87 bits per heavy atom. The van der Waals surface area contributed by atoms with Crippen molar-refractivity contribution < 1.29 is 22.7 Å². The Bertz CT molecular complexity index is 590. The van der Waals surface area contributed by atoms with Gasteiger partial charge in [-0.15, -0.1) is 0 Å². The lowest BCUT2D eigenvalue weighted by atomic mass is 10.0. The third-order valence-electron chi connectivity index (χ3n) is 3.16. The van der Waals surface area contributed by atoms with Crippen LogP contribution in [0.15, 0.2) is 29.3 Å². The average Bonchev–Trinajstić information content (AvgIpc) is 2.50. The van der Waals surface area contributed by atoms with E-state index in [9.17, 15) is 18.0 Å². The van der Waals surface area contributed by atoms with Crippen molar-refractivity contribution in [3.8, 4) is 5.75 Å². The van der Waals surface area contributed by atoms with Crippen LogP contribution in [0, 0.1) is 0 Å². The third-order valence-corrected chi connectivity index (χ3v) is 3.16. The Hall–Kier alpha value is -2.45. The molecule has 0 fully saturated rings. The van der Waals surface area contributed by atoms with Crippen LogP contribution in [0.3, 0.4) is 0 Å². The summed E-state index contributed by atoms with van der Waals surface area (Å²) in [6, 6.07) is 7.31. The first-order valence-electron chi connectivity index (χ1n) is 6.97. The van der Waals surface area contributed by atoms with Crippen LogP contribution in [0.1, 0.15) is 18.0 Å². The van der Waals surface area contributed by atoms with Crippen LogP contribution in [-0.4, -0.2) is 37.7 Å². The molecule has 6 nitrogen and oxygen atoms in total. The van der Waals surface area contributed by atoms with Crippen molar-refractivity contribution in [3.63, 3.8) is 0 Å². The summed E-state index contributed by atoms with van der Waals surface area (Å²) in [5.74, 6) is -0.111. The molecule has 1 heterocycles. The van der Waals surface area contributed by atoms with Gasteiger partial charge in [-0.05, 0) is 6.07 Å². The van der Waals surface area contributed by atoms with Gasteiger partial charge in [0.05, 0.1) is 12.6 Å². The maximum atomic E-state index is 12.0. The van der Waals surface area contributed by atoms with Crippen molar-refractivity contribution in [3.05, 3.63) is 29.8 Å². The fourth-order valence-electron chi connectivity index (χ4n) is 2.13. The van der Waals surface area contributed by atoms with Crippen LogP contribution in [0.25, 0.3) is 0 Å². The van der Waals surface area contributed by atoms with E-state index < -0.39 is 25.2 Å². The zero-order chi connectivity index (χ0) is 16.9. The molecule has 0 bridgehead atoms. The van der Waals surface area contributed by atoms with Crippen LogP contribution in [-0.2, 0) is 4.79 Å². The quantitative estimate of drug-likeness (QED) is 0.570. The molecule has 9 heteroatoms. The van der Waals surface area contributed by atoms with E-state index in [-0.39, 0.29) is 12.0 Å². The minimum atomic E-state index is -4.45. The summed E-state index contributed by atoms with van der Waals surface area (Å²) < 4.78 is 41.4. The lowest BCUT2D eigenvalue weighted by molar-refractivity contribution is -0.137. The van der Waals surface area contributed by atoms with Crippen molar-refractivity contribution in [1.82, 2.24) is 10.6 Å². The number of nitrogens with zero attached hydrogens (tertiary/aromatic N) is 1. The number of fused-ring (bicyclic) bond motifs is 1. The van der Waals surface area contributed by atoms with Gasteiger partial charge in [0.1, 0.15) is 18.8 Å². The molecule has 0 aliphatic carbocycles. The lowest BCUT2D eigenvalue weighted by Crippen LogP contribution is -2.39. The molecule has 1 aromatic carbocycles. The SMILES string of the molecule is NC(=NCC(=O)NCC(F)(F)F)NC1CCOc2ccccc21. The van der Waals surface area contributed by atoms with E-state index >= 15 is 0 Å². The molecular weight excluding hydrogens is 313 g/mol. The van der Waals surface area contributed by atoms with Gasteiger partial charge in [-0.1, -0.05) is 18.2 Å². The highest BCUT2D eigenvalue weighted by atomic mass is 19.4. The van der Waals surface area contributed by atoms with Gasteiger partial charge < -0.3 is 21.1 Å². The topological polar surface area (TPSA) is 88.7 Å². The second-order valence-electron chi connectivity index (χ2n) is 4.97. The lowest BCUT2D eigenvalue weighted by Gasteiger charge is -2.26. The molecule has 0 radical (unpaired) electrons. The summed E-state index contributed by atoms with van der Waals surface area (Å²) in [6.45, 7) is -1.35. The number of carbonyl (C=O) groups is 1. The van der Waals surface area contributed by atoms with Gasteiger partial charge in [0, 0.05) is 12.0 Å². The molecule has 0 saturated carbocycles. The minimum absolute atomic E-state index is 0.00568. The summed E-state index contributed by atoms with van der Waals surface area (Å²) in [4.78, 5) is 15.0. The Kier molecular flexibility index (Phi) is 5.30. The monoisotopic (exact) mass is 330 g/mol. The molecule has 1 unspecified atom stereocenters. The average molecular weight is 330 g/mol. The largest absolute Gasteiger partial charge is 0.493 e. The number of hydrogen-bond donors (Lipinski definition) is 3. The third kappa shape index (κ3) is 5.35. The van der Waals surface area contributed by atoms with Gasteiger partial charge in [0.2, 0.25) is 5.91 Å². The minimum Gasteiger partial charge on any atom is -0.493 e. The highest BCUT2D eigenvalue weighted by Crippen LogP contribution is 2.31. The number of benzene rings is 1. The number of para-hydroxylation sites is 1. The van der Waals surface area contributed by atoms with Gasteiger partial charge in [0.15, 0.2) is 5.96 Å². The second kappa shape index (κ2) is 7.21. The first-order chi connectivity index (χ1) is 10.8. The molecule has 1 aliphatic rings. The van der Waals surface area contributed by atoms with Crippen molar-refractivity contribution in [1.29, 1.82) is 0 Å². The van der Waals surface area contributed by atoms with Crippen LogP contribution < -0.4 is 21.1 Å². The van der Waals surface area contributed by atoms with Gasteiger partial charge in [-0.2, -0.15) is 13.2 Å². The molecule has 1 amide bonds. The maximum absolute atomic E-state index is 12.0. The first kappa shape index (κ1) is 16.9. The molecule has 1 atom stereocenters. The fourth-order valence-corrected chi connectivity index (χ4v) is 2.13. The summed E-state index contributed by atoms with van der Waals surface area (Å²) in [5.41, 5.74) is 6.60. The van der Waals surface area contributed by atoms with Crippen LogP contribution >= 0.6 is 0 Å². The summed E-state index contributed by atoms with van der Waals surface area (Å²) in [5, 5.41) is 4.67. The number of aliphatic imine (C=N–C) groups is 1. The molecule has 0 aromatic heterocycles. The molecule has 23 heavy (non-hydrogen) atoms. The second-order valence-corrected chi connectivity index (χ2v) is 4.97. The van der Waals surface area contributed by atoms with E-state index in [1.165, 1.54) is 0 Å². The van der Waals surface area contributed by atoms with Crippen LogP contribution in [0.2, 0.25) is 0 Å². The summed E-state index contributed by atoms with van der Waals surface area (Å²) in [6.07, 6.45) is -3.79. The van der Waals surface area contributed by atoms with Crippen LogP contribution in [0.4, 0.5) is 13.2 Å². The number of hydrogen-bond acceptors (Lipinski definition) is 3. The number of nitrogens with one attached hydrogen (secondary N) is 2. The molecule has 126 valence electrons. The van der Waals surface area contributed by atoms with E-state index in [4.69, 9.17) is 10.5 Å². The van der Waals surface area contributed by atoms with Gasteiger partial charge >= 0.3 is 6.18 Å². The normalized spacial score (nSPS) is 17.9. The zero-order valence-corrected chi connectivity index (χ0v) is 12.2. The maximum Gasteiger partial charge on any atom is 0.405 e. The number of carbonyl (C=O) groups excluding carboxylic acids is 1. The molecular formula is C14H17F3N4O2. The number of ether oxygens (including phenoxy) is 1. The predicted molar refractivity (Wildman–Crippen MR) is 78.0 cm³/mol. The molecule has 0 saturated heterocycles. The van der Waals surface area contributed by atoms with E-state index in [2.05, 4.69) is 10.3 Å². The molecule has 4 N–H and O–H groups in total. The molecule has 1 aliphatic heterocycles. The molecule has 0 spiro atoms. The highest BCUT2D eigenvalue weighted by molar-refractivity contribution is 5.84. The number of rotatable bonds is 4. The van der Waals surface area contributed by atoms with Crippen molar-refractivity contribution in [2.24, 2.45) is 10.7 Å². The van der Waals surface area contributed by atoms with Crippen molar-refractivity contribution >= 4 is 11.9 Å². The van der Waals surface area contributed by atoms with Gasteiger partial charge in [-0.3, -0.25) is 4.79 Å². The smallest absolute Gasteiger partial charge is 0.405 e. The van der Waals surface area contributed by atoms with E-state index in [1.54, 1.807) is 5.32 Å². The number of amides is 1. The van der Waals surface area contributed by atoms with E-state index in [0.29, 0.717) is 13.0 Å². The number of guanidine groups is 1. The van der Waals surface area contributed by atoms with Gasteiger partial charge in [-0.25, -0.2) is 4.99 Å². The fraction of sp³-hybridized carbons (Fsp3) is 0.429. The van der Waals surface area contributed by atoms with E-state index in [1.807, 2.05) is 24.3 Å². The summed E-state index contributed by atoms with van der Waals surface area (Å²) >= 11 is 0. The Balaban J connectivity index is 1.87. The number of halogens is 3. The number of alkyl halides is 3. The highest BCUT2D eigenvalue weighted by Gasteiger charge is 2.27. The predicted octanol–water partition coefficient (Wildman–Crippen LogP) is 1.09. The standard InChI is InChI=1S/C14H17F3N4O2/c15-14(16,17)8-20-12(22)7-19-13(18)21-10-5-6-23-11-4-2-1-3-9(10)11/h1-4,10H,5-8H2,(H,20,22)(H3,18,19,21). The molecule has 1 aromatic rings. The Morgan fingerprint density at radius 1 is 1.39 bits per heavy atom. The summed E-state index contributed by atoms with van der Waals surface area (Å²) in [7, 11) is 0. The zero-order valence-electron chi connectivity index (χ0n) is 12.2. The van der Waals surface area contributed by atoms with Crippen LogP contribution in [0.5, 0.6) is 5.75 Å². The first-order valence-corrected chi connectivity index (χ1v) is 6.97. The Morgan fingerprint density at radius 2 is 2.13 bits per heavy atom. The number of nitrogens with two attached hydrogens (primary N) is 1. The van der Waals surface area contributed by atoms with Crippen molar-refractivity contribution in [2.45, 2.75) is 18.6 Å². The van der Waals surface area contributed by atoms with E-state index in [0.717, 1.165) is 11.3 Å².